The third kappa shape index (κ3) is 4.60. The van der Waals surface area contributed by atoms with Gasteiger partial charge in [-0.2, -0.15) is 0 Å². The lowest BCUT2D eigenvalue weighted by molar-refractivity contribution is -0.118. The normalized spacial score (nSPS) is 14.5. The van der Waals surface area contributed by atoms with Crippen molar-refractivity contribution < 1.29 is 14.0 Å². The summed E-state index contributed by atoms with van der Waals surface area (Å²) in [6, 6.07) is 23.2. The SMILES string of the molecule is O=C(/C=C1/Sc2ccccc2N(Cc2ccc(F)cc2)C1=O)NCc1ccccc1. The molecule has 2 amide bonds. The van der Waals surface area contributed by atoms with Crippen LogP contribution in [0.15, 0.2) is 94.7 Å². The minimum atomic E-state index is -0.324. The summed E-state index contributed by atoms with van der Waals surface area (Å²) in [6.07, 6.45) is 1.35. The van der Waals surface area contributed by atoms with Gasteiger partial charge in [0.1, 0.15) is 5.82 Å². The maximum absolute atomic E-state index is 13.2. The van der Waals surface area contributed by atoms with E-state index in [4.69, 9.17) is 0 Å². The van der Waals surface area contributed by atoms with Gasteiger partial charge < -0.3 is 10.2 Å². The first-order chi connectivity index (χ1) is 14.6. The lowest BCUT2D eigenvalue weighted by atomic mass is 10.1. The van der Waals surface area contributed by atoms with Crippen molar-refractivity contribution in [1.82, 2.24) is 5.32 Å². The number of hydrogen-bond acceptors (Lipinski definition) is 3. The number of para-hydroxylation sites is 1. The second-order valence-corrected chi connectivity index (χ2v) is 7.88. The number of nitrogens with one attached hydrogen (secondary N) is 1. The number of nitrogens with zero attached hydrogens (tertiary/aromatic N) is 1. The van der Waals surface area contributed by atoms with Gasteiger partial charge in [-0.25, -0.2) is 4.39 Å². The molecule has 0 aromatic heterocycles. The number of fused-ring (bicyclic) bond motifs is 1. The van der Waals surface area contributed by atoms with E-state index in [1.54, 1.807) is 17.0 Å². The molecule has 0 saturated carbocycles. The highest BCUT2D eigenvalue weighted by Gasteiger charge is 2.29. The van der Waals surface area contributed by atoms with Crippen LogP contribution in [0, 0.1) is 5.82 Å². The Morgan fingerprint density at radius 1 is 0.933 bits per heavy atom. The molecule has 3 aromatic carbocycles. The first-order valence-corrected chi connectivity index (χ1v) is 10.3. The Morgan fingerprint density at radius 3 is 2.40 bits per heavy atom. The van der Waals surface area contributed by atoms with Gasteiger partial charge in [0, 0.05) is 17.5 Å². The van der Waals surface area contributed by atoms with Crippen LogP contribution in [0.4, 0.5) is 10.1 Å². The third-order valence-electron chi connectivity index (χ3n) is 4.66. The highest BCUT2D eigenvalue weighted by atomic mass is 32.2. The van der Waals surface area contributed by atoms with E-state index in [9.17, 15) is 14.0 Å². The van der Waals surface area contributed by atoms with Crippen molar-refractivity contribution in [3.8, 4) is 0 Å². The first kappa shape index (κ1) is 19.9. The van der Waals surface area contributed by atoms with E-state index in [1.165, 1.54) is 30.0 Å². The zero-order chi connectivity index (χ0) is 20.9. The monoisotopic (exact) mass is 418 g/mol. The molecule has 0 saturated heterocycles. The summed E-state index contributed by atoms with van der Waals surface area (Å²) in [5.41, 5.74) is 2.56. The summed E-state index contributed by atoms with van der Waals surface area (Å²) in [5.74, 6) is -0.899. The molecule has 0 unspecified atom stereocenters. The maximum atomic E-state index is 13.2. The molecule has 0 radical (unpaired) electrons. The lowest BCUT2D eigenvalue weighted by Gasteiger charge is -2.30. The van der Waals surface area contributed by atoms with Gasteiger partial charge in [0.05, 0.1) is 17.1 Å². The van der Waals surface area contributed by atoms with Gasteiger partial charge in [0.15, 0.2) is 0 Å². The highest BCUT2D eigenvalue weighted by Crippen LogP contribution is 2.41. The smallest absolute Gasteiger partial charge is 0.265 e. The van der Waals surface area contributed by atoms with E-state index in [1.807, 2.05) is 54.6 Å². The molecule has 0 spiro atoms. The standard InChI is InChI=1S/C24H19FN2O2S/c25-19-12-10-18(11-13-19)16-27-20-8-4-5-9-21(20)30-22(24(27)29)14-23(28)26-15-17-6-2-1-3-7-17/h1-14H,15-16H2,(H,26,28)/b22-14+. The molecule has 0 aliphatic carbocycles. The molecule has 6 heteroatoms. The van der Waals surface area contributed by atoms with E-state index in [2.05, 4.69) is 5.32 Å². The van der Waals surface area contributed by atoms with Crippen LogP contribution in [-0.4, -0.2) is 11.8 Å². The quantitative estimate of drug-likeness (QED) is 0.613. The molecule has 1 heterocycles. The molecule has 1 N–H and O–H groups in total. The minimum Gasteiger partial charge on any atom is -0.348 e. The predicted octanol–water partition coefficient (Wildman–Crippen LogP) is 4.66. The molecule has 4 nitrogen and oxygen atoms in total. The average molecular weight is 418 g/mol. The summed E-state index contributed by atoms with van der Waals surface area (Å²) in [4.78, 5) is 28.4. The molecule has 1 aliphatic rings. The number of halogens is 1. The van der Waals surface area contributed by atoms with E-state index >= 15 is 0 Å². The molecule has 0 fully saturated rings. The largest absolute Gasteiger partial charge is 0.348 e. The van der Waals surface area contributed by atoms with Crippen molar-refractivity contribution in [2.75, 3.05) is 4.90 Å². The van der Waals surface area contributed by atoms with Gasteiger partial charge in [-0.15, -0.1) is 0 Å². The number of hydrogen-bond donors (Lipinski definition) is 1. The zero-order valence-electron chi connectivity index (χ0n) is 16.0. The van der Waals surface area contributed by atoms with E-state index in [0.29, 0.717) is 18.0 Å². The maximum Gasteiger partial charge on any atom is 0.265 e. The molecule has 0 bridgehead atoms. The molecular weight excluding hydrogens is 399 g/mol. The van der Waals surface area contributed by atoms with Crippen molar-refractivity contribution in [3.63, 3.8) is 0 Å². The van der Waals surface area contributed by atoms with Crippen LogP contribution in [0.1, 0.15) is 11.1 Å². The number of anilines is 1. The molecule has 150 valence electrons. The Morgan fingerprint density at radius 2 is 1.63 bits per heavy atom. The second kappa shape index (κ2) is 8.97. The Labute approximate surface area is 178 Å². The summed E-state index contributed by atoms with van der Waals surface area (Å²) in [7, 11) is 0. The lowest BCUT2D eigenvalue weighted by Crippen LogP contribution is -2.34. The van der Waals surface area contributed by atoms with Gasteiger partial charge in [0.25, 0.3) is 5.91 Å². The zero-order valence-corrected chi connectivity index (χ0v) is 16.9. The van der Waals surface area contributed by atoms with Crippen LogP contribution in [0.25, 0.3) is 0 Å². The fourth-order valence-electron chi connectivity index (χ4n) is 3.15. The van der Waals surface area contributed by atoms with Crippen molar-refractivity contribution in [2.45, 2.75) is 18.0 Å². The van der Waals surface area contributed by atoms with Gasteiger partial charge in [-0.05, 0) is 35.4 Å². The van der Waals surface area contributed by atoms with Crippen LogP contribution >= 0.6 is 11.8 Å². The van der Waals surface area contributed by atoms with Crippen LogP contribution in [0.2, 0.25) is 0 Å². The summed E-state index contributed by atoms with van der Waals surface area (Å²) in [5, 5.41) is 2.82. The van der Waals surface area contributed by atoms with Crippen LogP contribution in [0.3, 0.4) is 0 Å². The second-order valence-electron chi connectivity index (χ2n) is 6.80. The van der Waals surface area contributed by atoms with Crippen molar-refractivity contribution in [3.05, 3.63) is 107 Å². The molecular formula is C24H19FN2O2S. The van der Waals surface area contributed by atoms with Crippen molar-refractivity contribution in [1.29, 1.82) is 0 Å². The first-order valence-electron chi connectivity index (χ1n) is 9.47. The van der Waals surface area contributed by atoms with Gasteiger partial charge in [-0.3, -0.25) is 9.59 Å². The average Bonchev–Trinajstić information content (AvgIpc) is 2.77. The predicted molar refractivity (Wildman–Crippen MR) is 116 cm³/mol. The molecule has 4 rings (SSSR count). The fourth-order valence-corrected chi connectivity index (χ4v) is 4.18. The highest BCUT2D eigenvalue weighted by molar-refractivity contribution is 8.04. The summed E-state index contributed by atoms with van der Waals surface area (Å²) < 4.78 is 13.2. The molecule has 0 atom stereocenters. The van der Waals surface area contributed by atoms with Gasteiger partial charge in [-0.1, -0.05) is 66.4 Å². The summed E-state index contributed by atoms with van der Waals surface area (Å²) in [6.45, 7) is 0.678. The number of benzene rings is 3. The third-order valence-corrected chi connectivity index (χ3v) is 5.74. The number of carbonyl (C=O) groups excluding carboxylic acids is 2. The Bertz CT molecular complexity index is 1100. The van der Waals surface area contributed by atoms with Gasteiger partial charge in [0.2, 0.25) is 5.91 Å². The van der Waals surface area contributed by atoms with Crippen molar-refractivity contribution >= 4 is 29.3 Å². The Kier molecular flexibility index (Phi) is 5.95. The van der Waals surface area contributed by atoms with Gasteiger partial charge >= 0.3 is 0 Å². The fraction of sp³-hybridized carbons (Fsp3) is 0.0833. The van der Waals surface area contributed by atoms with E-state index in [-0.39, 0.29) is 17.6 Å². The van der Waals surface area contributed by atoms with E-state index < -0.39 is 0 Å². The van der Waals surface area contributed by atoms with E-state index in [0.717, 1.165) is 21.7 Å². The van der Waals surface area contributed by atoms with Crippen LogP contribution < -0.4 is 10.2 Å². The molecule has 30 heavy (non-hydrogen) atoms. The Balaban J connectivity index is 1.55. The number of thioether (sulfide) groups is 1. The number of amides is 2. The molecule has 1 aliphatic heterocycles. The minimum absolute atomic E-state index is 0.252. The number of carbonyl (C=O) groups is 2. The van der Waals surface area contributed by atoms with Crippen LogP contribution in [0.5, 0.6) is 0 Å². The molecule has 3 aromatic rings. The number of rotatable bonds is 5. The Hall–Kier alpha value is -3.38. The topological polar surface area (TPSA) is 49.4 Å². The summed E-state index contributed by atoms with van der Waals surface area (Å²) >= 11 is 1.28. The van der Waals surface area contributed by atoms with Crippen molar-refractivity contribution in [2.24, 2.45) is 0 Å². The van der Waals surface area contributed by atoms with Crippen LogP contribution in [-0.2, 0) is 22.7 Å².